The SMILES string of the molecule is CC1(NC(=S)NC2CC2)CCOC1. The molecule has 0 aromatic heterocycles. The first-order valence-electron chi connectivity index (χ1n) is 4.84. The maximum atomic E-state index is 5.33. The smallest absolute Gasteiger partial charge is 0.167 e. The molecule has 0 radical (unpaired) electrons. The van der Waals surface area contributed by atoms with E-state index in [1.165, 1.54) is 12.8 Å². The molecule has 4 heteroatoms. The van der Waals surface area contributed by atoms with E-state index in [9.17, 15) is 0 Å². The zero-order valence-corrected chi connectivity index (χ0v) is 8.75. The Morgan fingerprint density at radius 3 is 2.85 bits per heavy atom. The van der Waals surface area contributed by atoms with Crippen LogP contribution in [0.1, 0.15) is 26.2 Å². The summed E-state index contributed by atoms with van der Waals surface area (Å²) in [5, 5.41) is 7.38. The van der Waals surface area contributed by atoms with Crippen LogP contribution < -0.4 is 10.6 Å². The zero-order chi connectivity index (χ0) is 9.31. The summed E-state index contributed by atoms with van der Waals surface area (Å²) in [4.78, 5) is 0. The van der Waals surface area contributed by atoms with Crippen LogP contribution in [-0.4, -0.2) is 29.9 Å². The lowest BCUT2D eigenvalue weighted by atomic mass is 10.0. The Balaban J connectivity index is 1.77. The Kier molecular flexibility index (Phi) is 2.43. The van der Waals surface area contributed by atoms with E-state index in [0.717, 1.165) is 24.7 Å². The Morgan fingerprint density at radius 1 is 1.54 bits per heavy atom. The van der Waals surface area contributed by atoms with Crippen molar-refractivity contribution in [3.8, 4) is 0 Å². The van der Waals surface area contributed by atoms with Gasteiger partial charge < -0.3 is 15.4 Å². The van der Waals surface area contributed by atoms with Gasteiger partial charge in [-0.15, -0.1) is 0 Å². The maximum absolute atomic E-state index is 5.33. The molecule has 2 rings (SSSR count). The average Bonchev–Trinajstić information content (AvgIpc) is 2.74. The van der Waals surface area contributed by atoms with Crippen molar-refractivity contribution in [2.24, 2.45) is 0 Å². The van der Waals surface area contributed by atoms with Crippen LogP contribution in [0.25, 0.3) is 0 Å². The molecule has 2 fully saturated rings. The van der Waals surface area contributed by atoms with Crippen molar-refractivity contribution in [3.63, 3.8) is 0 Å². The minimum absolute atomic E-state index is 0.0545. The van der Waals surface area contributed by atoms with Crippen LogP contribution in [0, 0.1) is 0 Å². The second-order valence-electron chi connectivity index (χ2n) is 4.24. The quantitative estimate of drug-likeness (QED) is 0.646. The molecule has 1 saturated heterocycles. The normalized spacial score (nSPS) is 33.0. The van der Waals surface area contributed by atoms with E-state index < -0.39 is 0 Å². The standard InChI is InChI=1S/C9H16N2OS/c1-9(4-5-12-6-9)11-8(13)10-7-2-3-7/h7H,2-6H2,1H3,(H2,10,11,13). The molecule has 0 aromatic carbocycles. The van der Waals surface area contributed by atoms with Crippen molar-refractivity contribution in [3.05, 3.63) is 0 Å². The number of hydrogen-bond acceptors (Lipinski definition) is 2. The molecule has 1 heterocycles. The molecular formula is C9H16N2OS. The van der Waals surface area contributed by atoms with Gasteiger partial charge in [-0.3, -0.25) is 0 Å². The lowest BCUT2D eigenvalue weighted by Crippen LogP contribution is -2.51. The van der Waals surface area contributed by atoms with Gasteiger partial charge in [0.25, 0.3) is 0 Å². The Hall–Kier alpha value is -0.350. The van der Waals surface area contributed by atoms with Gasteiger partial charge in [-0.05, 0) is 38.4 Å². The van der Waals surface area contributed by atoms with E-state index >= 15 is 0 Å². The summed E-state index contributed by atoms with van der Waals surface area (Å²) >= 11 is 5.20. The monoisotopic (exact) mass is 200 g/mol. The Morgan fingerprint density at radius 2 is 2.31 bits per heavy atom. The third-order valence-corrected chi connectivity index (χ3v) is 2.77. The van der Waals surface area contributed by atoms with Gasteiger partial charge in [-0.1, -0.05) is 0 Å². The van der Waals surface area contributed by atoms with Gasteiger partial charge in [-0.25, -0.2) is 0 Å². The Bertz CT molecular complexity index is 210. The van der Waals surface area contributed by atoms with Crippen molar-refractivity contribution in [1.29, 1.82) is 0 Å². The van der Waals surface area contributed by atoms with Crippen LogP contribution in [0.3, 0.4) is 0 Å². The fourth-order valence-corrected chi connectivity index (χ4v) is 1.90. The molecule has 1 unspecified atom stereocenters. The Labute approximate surface area is 84.2 Å². The van der Waals surface area contributed by atoms with Gasteiger partial charge in [0.05, 0.1) is 12.1 Å². The summed E-state index contributed by atoms with van der Waals surface area (Å²) < 4.78 is 5.33. The molecule has 0 aromatic rings. The minimum atomic E-state index is 0.0545. The molecule has 1 aliphatic heterocycles. The lowest BCUT2D eigenvalue weighted by Gasteiger charge is -2.25. The third-order valence-electron chi connectivity index (χ3n) is 2.55. The second-order valence-corrected chi connectivity index (χ2v) is 4.64. The molecule has 0 amide bonds. The van der Waals surface area contributed by atoms with Crippen molar-refractivity contribution in [2.45, 2.75) is 37.8 Å². The van der Waals surface area contributed by atoms with E-state index in [1.807, 2.05) is 0 Å². The van der Waals surface area contributed by atoms with Crippen LogP contribution in [0.15, 0.2) is 0 Å². The van der Waals surface area contributed by atoms with Crippen molar-refractivity contribution in [2.75, 3.05) is 13.2 Å². The number of thiocarbonyl (C=S) groups is 1. The van der Waals surface area contributed by atoms with Gasteiger partial charge in [-0.2, -0.15) is 0 Å². The summed E-state index contributed by atoms with van der Waals surface area (Å²) in [5.74, 6) is 0. The molecule has 0 spiro atoms. The fraction of sp³-hybridized carbons (Fsp3) is 0.889. The molecule has 1 aliphatic carbocycles. The van der Waals surface area contributed by atoms with Gasteiger partial charge in [0.15, 0.2) is 5.11 Å². The second kappa shape index (κ2) is 3.42. The predicted octanol–water partition coefficient (Wildman–Crippen LogP) is 0.792. The van der Waals surface area contributed by atoms with Gasteiger partial charge >= 0.3 is 0 Å². The summed E-state index contributed by atoms with van der Waals surface area (Å²) in [5.41, 5.74) is 0.0545. The topological polar surface area (TPSA) is 33.3 Å². The number of hydrogen-bond donors (Lipinski definition) is 2. The summed E-state index contributed by atoms with van der Waals surface area (Å²) in [6, 6.07) is 0.630. The van der Waals surface area contributed by atoms with Gasteiger partial charge in [0, 0.05) is 12.6 Å². The first-order chi connectivity index (χ1) is 6.18. The highest BCUT2D eigenvalue weighted by Crippen LogP contribution is 2.20. The van der Waals surface area contributed by atoms with Gasteiger partial charge in [0.1, 0.15) is 0 Å². The highest BCUT2D eigenvalue weighted by Gasteiger charge is 2.31. The highest BCUT2D eigenvalue weighted by atomic mass is 32.1. The molecule has 2 aliphatic rings. The fourth-order valence-electron chi connectivity index (χ4n) is 1.49. The van der Waals surface area contributed by atoms with E-state index in [0.29, 0.717) is 6.04 Å². The van der Waals surface area contributed by atoms with E-state index in [4.69, 9.17) is 17.0 Å². The third kappa shape index (κ3) is 2.54. The van der Waals surface area contributed by atoms with Crippen molar-refractivity contribution < 1.29 is 4.74 Å². The van der Waals surface area contributed by atoms with Crippen LogP contribution in [-0.2, 0) is 4.74 Å². The predicted molar refractivity (Wildman–Crippen MR) is 55.7 cm³/mol. The molecular weight excluding hydrogens is 184 g/mol. The average molecular weight is 200 g/mol. The van der Waals surface area contributed by atoms with E-state index in [1.54, 1.807) is 0 Å². The molecule has 1 saturated carbocycles. The molecule has 2 N–H and O–H groups in total. The van der Waals surface area contributed by atoms with Crippen LogP contribution in [0.5, 0.6) is 0 Å². The number of rotatable bonds is 2. The van der Waals surface area contributed by atoms with Crippen molar-refractivity contribution in [1.82, 2.24) is 10.6 Å². The van der Waals surface area contributed by atoms with Crippen LogP contribution in [0.2, 0.25) is 0 Å². The lowest BCUT2D eigenvalue weighted by molar-refractivity contribution is 0.177. The summed E-state index contributed by atoms with van der Waals surface area (Å²) in [7, 11) is 0. The molecule has 74 valence electrons. The van der Waals surface area contributed by atoms with E-state index in [-0.39, 0.29) is 5.54 Å². The van der Waals surface area contributed by atoms with Crippen molar-refractivity contribution >= 4 is 17.3 Å². The van der Waals surface area contributed by atoms with Crippen LogP contribution in [0.4, 0.5) is 0 Å². The minimum Gasteiger partial charge on any atom is -0.379 e. The van der Waals surface area contributed by atoms with Gasteiger partial charge in [0.2, 0.25) is 0 Å². The van der Waals surface area contributed by atoms with Crippen LogP contribution >= 0.6 is 12.2 Å². The number of nitrogens with one attached hydrogen (secondary N) is 2. The zero-order valence-electron chi connectivity index (χ0n) is 7.93. The summed E-state index contributed by atoms with van der Waals surface area (Å²) in [6.07, 6.45) is 3.56. The molecule has 13 heavy (non-hydrogen) atoms. The number of ether oxygens (including phenoxy) is 1. The first-order valence-corrected chi connectivity index (χ1v) is 5.25. The first kappa shape index (κ1) is 9.21. The summed E-state index contributed by atoms with van der Waals surface area (Å²) in [6.45, 7) is 3.76. The largest absolute Gasteiger partial charge is 0.379 e. The van der Waals surface area contributed by atoms with E-state index in [2.05, 4.69) is 17.6 Å². The molecule has 0 bridgehead atoms. The molecule has 1 atom stereocenters. The maximum Gasteiger partial charge on any atom is 0.167 e. The molecule has 3 nitrogen and oxygen atoms in total. The highest BCUT2D eigenvalue weighted by molar-refractivity contribution is 7.80.